The number of benzene rings is 1. The van der Waals surface area contributed by atoms with Crippen molar-refractivity contribution in [1.29, 1.82) is 0 Å². The van der Waals surface area contributed by atoms with Crippen molar-refractivity contribution < 1.29 is 0 Å². The molecular formula is C12H15N. The maximum Gasteiger partial charge on any atom is 0.0287 e. The minimum atomic E-state index is 0.981. The van der Waals surface area contributed by atoms with Crippen LogP contribution in [0.2, 0.25) is 0 Å². The van der Waals surface area contributed by atoms with Crippen LogP contribution in [-0.2, 0) is 0 Å². The van der Waals surface area contributed by atoms with Crippen LogP contribution in [0.25, 0.3) is 5.57 Å². The van der Waals surface area contributed by atoms with Crippen LogP contribution in [0, 0.1) is 0 Å². The normalized spacial score (nSPS) is 10.6. The average Bonchev–Trinajstić information content (AvgIpc) is 2.18. The molecule has 0 unspecified atom stereocenters. The first-order valence-electron chi connectivity index (χ1n) is 4.49. The Hall–Kier alpha value is -1.37. The van der Waals surface area contributed by atoms with Crippen LogP contribution in [0.5, 0.6) is 0 Å². The highest BCUT2D eigenvalue weighted by Crippen LogP contribution is 2.18. The topological polar surface area (TPSA) is 12.4 Å². The molecule has 0 saturated heterocycles. The van der Waals surface area contributed by atoms with Gasteiger partial charge < -0.3 is 0 Å². The Balaban J connectivity index is 3.11. The molecule has 0 radical (unpaired) electrons. The lowest BCUT2D eigenvalue weighted by Gasteiger charge is -2.05. The molecule has 1 heteroatoms. The summed E-state index contributed by atoms with van der Waals surface area (Å²) in [6.07, 6.45) is 2.85. The Bertz CT molecular complexity index is 324. The minimum absolute atomic E-state index is 0.981. The molecule has 0 aromatic heterocycles. The van der Waals surface area contributed by atoms with Gasteiger partial charge in [-0.1, -0.05) is 37.8 Å². The Kier molecular flexibility index (Phi) is 3.44. The monoisotopic (exact) mass is 173 g/mol. The van der Waals surface area contributed by atoms with Crippen LogP contribution in [0.4, 0.5) is 0 Å². The predicted octanol–water partition coefficient (Wildman–Crippen LogP) is 3.16. The van der Waals surface area contributed by atoms with Gasteiger partial charge in [-0.3, -0.25) is 4.99 Å². The molecule has 0 aliphatic carbocycles. The third-order valence-corrected chi connectivity index (χ3v) is 2.04. The number of hydrogen-bond donors (Lipinski definition) is 0. The van der Waals surface area contributed by atoms with Gasteiger partial charge in [-0.2, -0.15) is 0 Å². The predicted molar refractivity (Wildman–Crippen MR) is 59.3 cm³/mol. The van der Waals surface area contributed by atoms with Crippen LogP contribution < -0.4 is 0 Å². The molecule has 0 aliphatic rings. The quantitative estimate of drug-likeness (QED) is 0.622. The van der Waals surface area contributed by atoms with E-state index in [1.807, 2.05) is 18.3 Å². The Morgan fingerprint density at radius 1 is 1.46 bits per heavy atom. The molecule has 0 N–H and O–H groups in total. The van der Waals surface area contributed by atoms with Gasteiger partial charge in [0.25, 0.3) is 0 Å². The van der Waals surface area contributed by atoms with E-state index < -0.39 is 0 Å². The smallest absolute Gasteiger partial charge is 0.0287 e. The van der Waals surface area contributed by atoms with E-state index in [4.69, 9.17) is 0 Å². The summed E-state index contributed by atoms with van der Waals surface area (Å²) in [6.45, 7) is 6.14. The zero-order valence-corrected chi connectivity index (χ0v) is 8.25. The molecule has 1 nitrogen and oxygen atoms in total. The standard InChI is InChI=1S/C12H15N/c1-4-10(2)12-8-6-5-7-11(12)9-13-3/h5-9H,2,4H2,1,3H3. The molecule has 0 spiro atoms. The van der Waals surface area contributed by atoms with Gasteiger partial charge in [-0.05, 0) is 23.1 Å². The fourth-order valence-electron chi connectivity index (χ4n) is 1.26. The summed E-state index contributed by atoms with van der Waals surface area (Å²) in [4.78, 5) is 4.02. The Morgan fingerprint density at radius 3 is 2.77 bits per heavy atom. The lowest BCUT2D eigenvalue weighted by Crippen LogP contribution is -1.90. The van der Waals surface area contributed by atoms with Gasteiger partial charge in [0.15, 0.2) is 0 Å². The maximum absolute atomic E-state index is 4.02. The van der Waals surface area contributed by atoms with Crippen LogP contribution >= 0.6 is 0 Å². The van der Waals surface area contributed by atoms with Gasteiger partial charge in [-0.15, -0.1) is 0 Å². The molecule has 1 aromatic carbocycles. The molecule has 0 saturated carbocycles. The zero-order chi connectivity index (χ0) is 9.68. The minimum Gasteiger partial charge on any atom is -0.296 e. The second-order valence-corrected chi connectivity index (χ2v) is 2.93. The molecule has 13 heavy (non-hydrogen) atoms. The molecule has 1 rings (SSSR count). The van der Waals surface area contributed by atoms with Crippen LogP contribution in [0.1, 0.15) is 24.5 Å². The molecule has 0 aliphatic heterocycles. The van der Waals surface area contributed by atoms with E-state index in [2.05, 4.69) is 30.6 Å². The third-order valence-electron chi connectivity index (χ3n) is 2.04. The van der Waals surface area contributed by atoms with E-state index in [0.717, 1.165) is 17.6 Å². The van der Waals surface area contributed by atoms with Crippen molar-refractivity contribution in [2.24, 2.45) is 4.99 Å². The average molecular weight is 173 g/mol. The molecule has 0 amide bonds. The highest BCUT2D eigenvalue weighted by atomic mass is 14.6. The summed E-state index contributed by atoms with van der Waals surface area (Å²) < 4.78 is 0. The SMILES string of the molecule is C=C(CC)c1ccccc1C=NC. The third kappa shape index (κ3) is 2.28. The first-order valence-corrected chi connectivity index (χ1v) is 4.49. The fourth-order valence-corrected chi connectivity index (χ4v) is 1.26. The van der Waals surface area contributed by atoms with E-state index in [9.17, 15) is 0 Å². The number of aliphatic imine (C=N–C) groups is 1. The second kappa shape index (κ2) is 4.61. The Morgan fingerprint density at radius 2 is 2.15 bits per heavy atom. The Labute approximate surface area is 79.8 Å². The van der Waals surface area contributed by atoms with Crippen molar-refractivity contribution in [2.45, 2.75) is 13.3 Å². The van der Waals surface area contributed by atoms with Crippen molar-refractivity contribution in [3.63, 3.8) is 0 Å². The van der Waals surface area contributed by atoms with Gasteiger partial charge >= 0.3 is 0 Å². The molecule has 0 heterocycles. The fraction of sp³-hybridized carbons (Fsp3) is 0.250. The van der Waals surface area contributed by atoms with Gasteiger partial charge in [0.2, 0.25) is 0 Å². The number of allylic oxidation sites excluding steroid dienone is 1. The van der Waals surface area contributed by atoms with Crippen molar-refractivity contribution in [1.82, 2.24) is 0 Å². The van der Waals surface area contributed by atoms with Crippen LogP contribution in [-0.4, -0.2) is 13.3 Å². The van der Waals surface area contributed by atoms with Gasteiger partial charge in [-0.25, -0.2) is 0 Å². The highest BCUT2D eigenvalue weighted by Gasteiger charge is 2.00. The molecular weight excluding hydrogens is 158 g/mol. The van der Waals surface area contributed by atoms with E-state index in [-0.39, 0.29) is 0 Å². The number of hydrogen-bond acceptors (Lipinski definition) is 1. The largest absolute Gasteiger partial charge is 0.296 e. The summed E-state index contributed by atoms with van der Waals surface area (Å²) >= 11 is 0. The zero-order valence-electron chi connectivity index (χ0n) is 8.25. The van der Waals surface area contributed by atoms with Gasteiger partial charge in [0.1, 0.15) is 0 Å². The summed E-state index contributed by atoms with van der Waals surface area (Å²) in [7, 11) is 1.78. The van der Waals surface area contributed by atoms with Gasteiger partial charge in [0.05, 0.1) is 0 Å². The van der Waals surface area contributed by atoms with E-state index in [1.54, 1.807) is 7.05 Å². The van der Waals surface area contributed by atoms with Crippen molar-refractivity contribution in [3.8, 4) is 0 Å². The molecule has 0 fully saturated rings. The van der Waals surface area contributed by atoms with E-state index in [0.29, 0.717) is 0 Å². The molecule has 0 bridgehead atoms. The van der Waals surface area contributed by atoms with E-state index >= 15 is 0 Å². The summed E-state index contributed by atoms with van der Waals surface area (Å²) in [5, 5.41) is 0. The maximum atomic E-state index is 4.02. The van der Waals surface area contributed by atoms with Crippen molar-refractivity contribution in [3.05, 3.63) is 42.0 Å². The summed E-state index contributed by atoms with van der Waals surface area (Å²) in [5.41, 5.74) is 3.52. The lowest BCUT2D eigenvalue weighted by molar-refractivity contribution is 1.24. The second-order valence-electron chi connectivity index (χ2n) is 2.93. The van der Waals surface area contributed by atoms with Crippen LogP contribution in [0.3, 0.4) is 0 Å². The summed E-state index contributed by atoms with van der Waals surface area (Å²) in [5.74, 6) is 0. The molecule has 0 atom stereocenters. The van der Waals surface area contributed by atoms with Crippen molar-refractivity contribution in [2.75, 3.05) is 7.05 Å². The highest BCUT2D eigenvalue weighted by molar-refractivity contribution is 5.87. The van der Waals surface area contributed by atoms with Gasteiger partial charge in [0, 0.05) is 13.3 Å². The lowest BCUT2D eigenvalue weighted by atomic mass is 10.00. The van der Waals surface area contributed by atoms with Crippen molar-refractivity contribution >= 4 is 11.8 Å². The molecule has 68 valence electrons. The first-order chi connectivity index (χ1) is 6.29. The first kappa shape index (κ1) is 9.72. The summed E-state index contributed by atoms with van der Waals surface area (Å²) in [6, 6.07) is 8.19. The molecule has 1 aromatic rings. The van der Waals surface area contributed by atoms with Crippen LogP contribution in [0.15, 0.2) is 35.8 Å². The number of nitrogens with zero attached hydrogens (tertiary/aromatic N) is 1. The number of rotatable bonds is 3. The van der Waals surface area contributed by atoms with E-state index in [1.165, 1.54) is 5.56 Å².